The number of carbonyl (C=O) groups excluding carboxylic acids is 1. The minimum Gasteiger partial charge on any atom is -0.356 e. The number of rotatable bonds is 8. The third-order valence-corrected chi connectivity index (χ3v) is 3.25. The van der Waals surface area contributed by atoms with Crippen molar-refractivity contribution in [1.82, 2.24) is 15.1 Å². The predicted octanol–water partition coefficient (Wildman–Crippen LogP) is 2.98. The van der Waals surface area contributed by atoms with Crippen LogP contribution in [0.25, 0.3) is 0 Å². The first-order valence-corrected chi connectivity index (χ1v) is 7.38. The van der Waals surface area contributed by atoms with Crippen molar-refractivity contribution in [3.63, 3.8) is 0 Å². The normalized spacial score (nSPS) is 12.4. The van der Waals surface area contributed by atoms with E-state index in [9.17, 15) is 4.79 Å². The molecule has 0 spiro atoms. The van der Waals surface area contributed by atoms with Gasteiger partial charge in [0.15, 0.2) is 0 Å². The minimum atomic E-state index is -0.0528. The Morgan fingerprint density at radius 2 is 2.28 bits per heavy atom. The Balaban J connectivity index is 2.20. The van der Waals surface area contributed by atoms with Crippen LogP contribution >= 0.6 is 15.9 Å². The molecule has 0 bridgehead atoms. The first kappa shape index (κ1) is 15.2. The fraction of sp³-hybridized carbons (Fsp3) is 0.692. The largest absolute Gasteiger partial charge is 0.356 e. The van der Waals surface area contributed by atoms with Gasteiger partial charge in [-0.25, -0.2) is 0 Å². The maximum absolute atomic E-state index is 11.8. The van der Waals surface area contributed by atoms with Crippen LogP contribution in [0.15, 0.2) is 16.9 Å². The number of nitrogens with one attached hydrogen (secondary N) is 1. The molecule has 1 heterocycles. The standard InChI is InChI=1S/C13H22BrN3O/c1-3-4-5-6-7-15-13(18)11(2)9-17-10-12(14)8-16-17/h8,10-11H,3-7,9H2,1-2H3,(H,15,18). The minimum absolute atomic E-state index is 0.0528. The second-order valence-corrected chi connectivity index (χ2v) is 5.55. The predicted molar refractivity (Wildman–Crippen MR) is 76.2 cm³/mol. The lowest BCUT2D eigenvalue weighted by Gasteiger charge is -2.12. The summed E-state index contributed by atoms with van der Waals surface area (Å²) >= 11 is 3.34. The zero-order valence-electron chi connectivity index (χ0n) is 11.2. The average Bonchev–Trinajstić information content (AvgIpc) is 2.74. The van der Waals surface area contributed by atoms with E-state index in [4.69, 9.17) is 0 Å². The summed E-state index contributed by atoms with van der Waals surface area (Å²) in [4.78, 5) is 11.8. The van der Waals surface area contributed by atoms with Crippen molar-refractivity contribution in [2.24, 2.45) is 5.92 Å². The molecule has 0 aliphatic carbocycles. The van der Waals surface area contributed by atoms with Crippen molar-refractivity contribution in [2.75, 3.05) is 6.54 Å². The molecule has 1 atom stereocenters. The van der Waals surface area contributed by atoms with Crippen LogP contribution in [0.3, 0.4) is 0 Å². The summed E-state index contributed by atoms with van der Waals surface area (Å²) in [7, 11) is 0. The van der Waals surface area contributed by atoms with E-state index in [0.29, 0.717) is 6.54 Å². The Morgan fingerprint density at radius 3 is 2.89 bits per heavy atom. The number of hydrogen-bond acceptors (Lipinski definition) is 2. The molecule has 0 saturated carbocycles. The number of nitrogens with zero attached hydrogens (tertiary/aromatic N) is 2. The van der Waals surface area contributed by atoms with Crippen LogP contribution in [0.4, 0.5) is 0 Å². The van der Waals surface area contributed by atoms with Crippen molar-refractivity contribution >= 4 is 21.8 Å². The summed E-state index contributed by atoms with van der Waals surface area (Å²) in [5.41, 5.74) is 0. The van der Waals surface area contributed by atoms with Gasteiger partial charge in [-0.3, -0.25) is 9.48 Å². The quantitative estimate of drug-likeness (QED) is 0.750. The second-order valence-electron chi connectivity index (χ2n) is 4.63. The van der Waals surface area contributed by atoms with E-state index in [-0.39, 0.29) is 11.8 Å². The van der Waals surface area contributed by atoms with Crippen LogP contribution in [0.2, 0.25) is 0 Å². The molecule has 0 aliphatic heterocycles. The highest BCUT2D eigenvalue weighted by molar-refractivity contribution is 9.10. The molecular weight excluding hydrogens is 294 g/mol. The molecule has 1 aromatic heterocycles. The van der Waals surface area contributed by atoms with Crippen molar-refractivity contribution in [2.45, 2.75) is 46.1 Å². The lowest BCUT2D eigenvalue weighted by molar-refractivity contribution is -0.124. The van der Waals surface area contributed by atoms with E-state index in [2.05, 4.69) is 33.3 Å². The zero-order chi connectivity index (χ0) is 13.4. The summed E-state index contributed by atoms with van der Waals surface area (Å²) in [6.07, 6.45) is 8.34. The van der Waals surface area contributed by atoms with E-state index in [1.807, 2.05) is 13.1 Å². The van der Waals surface area contributed by atoms with Crippen LogP contribution in [0.1, 0.15) is 39.5 Å². The fourth-order valence-corrected chi connectivity index (χ4v) is 2.07. The Bertz CT molecular complexity index is 365. The summed E-state index contributed by atoms with van der Waals surface area (Å²) in [6.45, 7) is 5.51. The van der Waals surface area contributed by atoms with Crippen LogP contribution in [-0.2, 0) is 11.3 Å². The summed E-state index contributed by atoms with van der Waals surface area (Å²) in [5.74, 6) is 0.0566. The first-order chi connectivity index (χ1) is 8.63. The van der Waals surface area contributed by atoms with Crippen LogP contribution in [0.5, 0.6) is 0 Å². The smallest absolute Gasteiger partial charge is 0.224 e. The van der Waals surface area contributed by atoms with Crippen LogP contribution < -0.4 is 5.32 Å². The topological polar surface area (TPSA) is 46.9 Å². The highest BCUT2D eigenvalue weighted by Crippen LogP contribution is 2.08. The molecule has 0 aromatic carbocycles. The molecule has 5 heteroatoms. The molecular formula is C13H22BrN3O. The van der Waals surface area contributed by atoms with E-state index in [1.165, 1.54) is 19.3 Å². The van der Waals surface area contributed by atoms with Gasteiger partial charge in [-0.15, -0.1) is 0 Å². The highest BCUT2D eigenvalue weighted by atomic mass is 79.9. The monoisotopic (exact) mass is 315 g/mol. The van der Waals surface area contributed by atoms with Crippen molar-refractivity contribution in [3.05, 3.63) is 16.9 Å². The number of aromatic nitrogens is 2. The summed E-state index contributed by atoms with van der Waals surface area (Å²) in [6, 6.07) is 0. The molecule has 4 nitrogen and oxygen atoms in total. The van der Waals surface area contributed by atoms with Gasteiger partial charge < -0.3 is 5.32 Å². The third-order valence-electron chi connectivity index (χ3n) is 2.84. The van der Waals surface area contributed by atoms with Crippen LogP contribution in [-0.4, -0.2) is 22.2 Å². The maximum Gasteiger partial charge on any atom is 0.224 e. The number of hydrogen-bond donors (Lipinski definition) is 1. The van der Waals surface area contributed by atoms with Gasteiger partial charge in [-0.1, -0.05) is 33.1 Å². The Labute approximate surface area is 117 Å². The molecule has 102 valence electrons. The molecule has 1 aromatic rings. The zero-order valence-corrected chi connectivity index (χ0v) is 12.7. The van der Waals surface area contributed by atoms with Crippen molar-refractivity contribution in [1.29, 1.82) is 0 Å². The molecule has 0 saturated heterocycles. The number of carbonyl (C=O) groups is 1. The second kappa shape index (κ2) is 8.29. The van der Waals surface area contributed by atoms with Crippen molar-refractivity contribution in [3.8, 4) is 0 Å². The van der Waals surface area contributed by atoms with Gasteiger partial charge in [-0.05, 0) is 22.4 Å². The SMILES string of the molecule is CCCCCCNC(=O)C(C)Cn1cc(Br)cn1. The van der Waals surface area contributed by atoms with E-state index in [0.717, 1.165) is 17.4 Å². The molecule has 0 fully saturated rings. The molecule has 0 radical (unpaired) electrons. The number of amides is 1. The van der Waals surface area contributed by atoms with Gasteiger partial charge in [0.05, 0.1) is 23.1 Å². The highest BCUT2D eigenvalue weighted by Gasteiger charge is 2.13. The Hall–Kier alpha value is -0.840. The molecule has 0 aliphatic rings. The molecule has 1 rings (SSSR count). The summed E-state index contributed by atoms with van der Waals surface area (Å²) < 4.78 is 2.72. The Kier molecular flexibility index (Phi) is 7.01. The fourth-order valence-electron chi connectivity index (χ4n) is 1.74. The van der Waals surface area contributed by atoms with Gasteiger partial charge in [0, 0.05) is 12.7 Å². The van der Waals surface area contributed by atoms with Gasteiger partial charge >= 0.3 is 0 Å². The average molecular weight is 316 g/mol. The molecule has 1 unspecified atom stereocenters. The van der Waals surface area contributed by atoms with Gasteiger partial charge in [0.25, 0.3) is 0 Å². The van der Waals surface area contributed by atoms with Gasteiger partial charge in [0.1, 0.15) is 0 Å². The number of halogens is 1. The molecule has 18 heavy (non-hydrogen) atoms. The summed E-state index contributed by atoms with van der Waals surface area (Å²) in [5, 5.41) is 7.13. The van der Waals surface area contributed by atoms with Crippen molar-refractivity contribution < 1.29 is 4.79 Å². The number of unbranched alkanes of at least 4 members (excludes halogenated alkanes) is 3. The van der Waals surface area contributed by atoms with Crippen LogP contribution in [0, 0.1) is 5.92 Å². The molecule has 1 amide bonds. The maximum atomic E-state index is 11.8. The molecule has 1 N–H and O–H groups in total. The first-order valence-electron chi connectivity index (χ1n) is 6.59. The lowest BCUT2D eigenvalue weighted by atomic mass is 10.1. The lowest BCUT2D eigenvalue weighted by Crippen LogP contribution is -2.32. The van der Waals surface area contributed by atoms with E-state index in [1.54, 1.807) is 10.9 Å². The van der Waals surface area contributed by atoms with E-state index >= 15 is 0 Å². The van der Waals surface area contributed by atoms with E-state index < -0.39 is 0 Å². The van der Waals surface area contributed by atoms with Gasteiger partial charge in [0.2, 0.25) is 5.91 Å². The Morgan fingerprint density at radius 1 is 1.50 bits per heavy atom. The van der Waals surface area contributed by atoms with Gasteiger partial charge in [-0.2, -0.15) is 5.10 Å². The third kappa shape index (κ3) is 5.67.